The van der Waals surface area contributed by atoms with E-state index < -0.39 is 0 Å². The van der Waals surface area contributed by atoms with E-state index in [9.17, 15) is 0 Å². The molecule has 1 N–H and O–H groups in total. The van der Waals surface area contributed by atoms with Crippen LogP contribution >= 0.6 is 0 Å². The van der Waals surface area contributed by atoms with E-state index in [1.807, 2.05) is 17.9 Å². The SMILES string of the molecule is COc1ccc2c(c1)CCCC2NCCc1ccn(C)n1. The van der Waals surface area contributed by atoms with E-state index in [0.717, 1.165) is 30.8 Å². The number of nitrogens with zero attached hydrogens (tertiary/aromatic N) is 2. The molecule has 4 nitrogen and oxygen atoms in total. The predicted octanol–water partition coefficient (Wildman–Crippen LogP) is 2.64. The van der Waals surface area contributed by atoms with Crippen molar-refractivity contribution in [2.45, 2.75) is 31.7 Å². The average molecular weight is 285 g/mol. The molecule has 1 atom stereocenters. The molecule has 0 amide bonds. The topological polar surface area (TPSA) is 39.1 Å². The summed E-state index contributed by atoms with van der Waals surface area (Å²) in [5.41, 5.74) is 4.01. The lowest BCUT2D eigenvalue weighted by Crippen LogP contribution is -2.27. The van der Waals surface area contributed by atoms with Crippen molar-refractivity contribution in [1.29, 1.82) is 0 Å². The summed E-state index contributed by atoms with van der Waals surface area (Å²) in [7, 11) is 3.69. The molecule has 0 saturated carbocycles. The third-order valence-electron chi connectivity index (χ3n) is 4.21. The predicted molar refractivity (Wildman–Crippen MR) is 83.6 cm³/mol. The molecule has 1 aliphatic carbocycles. The van der Waals surface area contributed by atoms with Crippen LogP contribution in [-0.4, -0.2) is 23.4 Å². The van der Waals surface area contributed by atoms with Crippen LogP contribution in [0, 0.1) is 0 Å². The zero-order valence-corrected chi connectivity index (χ0v) is 12.8. The van der Waals surface area contributed by atoms with Crippen molar-refractivity contribution in [1.82, 2.24) is 15.1 Å². The monoisotopic (exact) mass is 285 g/mol. The van der Waals surface area contributed by atoms with Gasteiger partial charge in [0.15, 0.2) is 0 Å². The number of ether oxygens (including phenoxy) is 1. The highest BCUT2D eigenvalue weighted by Gasteiger charge is 2.20. The Bertz CT molecular complexity index is 606. The standard InChI is InChI=1S/C17H23N3O/c1-20-11-9-14(19-20)8-10-18-17-5-3-4-13-12-15(21-2)6-7-16(13)17/h6-7,9,11-12,17-18H,3-5,8,10H2,1-2H3. The molecule has 0 aliphatic heterocycles. The van der Waals surface area contributed by atoms with Gasteiger partial charge in [-0.1, -0.05) is 6.07 Å². The van der Waals surface area contributed by atoms with E-state index in [-0.39, 0.29) is 0 Å². The van der Waals surface area contributed by atoms with Gasteiger partial charge >= 0.3 is 0 Å². The zero-order chi connectivity index (χ0) is 14.7. The second-order valence-electron chi connectivity index (χ2n) is 5.69. The summed E-state index contributed by atoms with van der Waals surface area (Å²) < 4.78 is 7.18. The molecule has 1 aromatic carbocycles. The van der Waals surface area contributed by atoms with E-state index in [1.54, 1.807) is 7.11 Å². The van der Waals surface area contributed by atoms with Crippen molar-refractivity contribution in [3.63, 3.8) is 0 Å². The van der Waals surface area contributed by atoms with E-state index in [2.05, 4.69) is 34.7 Å². The summed E-state index contributed by atoms with van der Waals surface area (Å²) in [6.45, 7) is 0.965. The first kappa shape index (κ1) is 14.1. The summed E-state index contributed by atoms with van der Waals surface area (Å²) in [6.07, 6.45) is 6.58. The first-order valence-electron chi connectivity index (χ1n) is 7.65. The van der Waals surface area contributed by atoms with Crippen molar-refractivity contribution >= 4 is 0 Å². The van der Waals surface area contributed by atoms with Crippen LogP contribution in [0.2, 0.25) is 0 Å². The number of aryl methyl sites for hydroxylation is 2. The van der Waals surface area contributed by atoms with Crippen LogP contribution in [0.1, 0.15) is 35.7 Å². The molecule has 1 heterocycles. The highest BCUT2D eigenvalue weighted by molar-refractivity contribution is 5.39. The van der Waals surface area contributed by atoms with Gasteiger partial charge in [-0.05, 0) is 48.6 Å². The third kappa shape index (κ3) is 3.27. The second-order valence-corrected chi connectivity index (χ2v) is 5.69. The molecule has 0 saturated heterocycles. The van der Waals surface area contributed by atoms with Crippen LogP contribution < -0.4 is 10.1 Å². The molecule has 3 rings (SSSR count). The van der Waals surface area contributed by atoms with Crippen LogP contribution in [0.15, 0.2) is 30.5 Å². The number of hydrogen-bond acceptors (Lipinski definition) is 3. The second kappa shape index (κ2) is 6.31. The minimum atomic E-state index is 0.461. The van der Waals surface area contributed by atoms with Crippen molar-refractivity contribution in [2.75, 3.05) is 13.7 Å². The fourth-order valence-electron chi connectivity index (χ4n) is 3.10. The third-order valence-corrected chi connectivity index (χ3v) is 4.21. The molecule has 0 bridgehead atoms. The molecule has 1 aromatic heterocycles. The smallest absolute Gasteiger partial charge is 0.119 e. The molecule has 0 spiro atoms. The summed E-state index contributed by atoms with van der Waals surface area (Å²) in [5, 5.41) is 8.10. The van der Waals surface area contributed by atoms with Crippen LogP contribution in [0.5, 0.6) is 5.75 Å². The fraction of sp³-hybridized carbons (Fsp3) is 0.471. The molecule has 0 radical (unpaired) electrons. The number of hydrogen-bond donors (Lipinski definition) is 1. The molecule has 1 aliphatic rings. The normalized spacial score (nSPS) is 17.5. The van der Waals surface area contributed by atoms with E-state index in [0.29, 0.717) is 6.04 Å². The zero-order valence-electron chi connectivity index (χ0n) is 12.8. The van der Waals surface area contributed by atoms with Crippen molar-refractivity contribution < 1.29 is 4.74 Å². The lowest BCUT2D eigenvalue weighted by molar-refractivity contribution is 0.411. The maximum atomic E-state index is 5.33. The lowest BCUT2D eigenvalue weighted by Gasteiger charge is -2.27. The molecular formula is C17H23N3O. The van der Waals surface area contributed by atoms with Gasteiger partial charge in [-0.25, -0.2) is 0 Å². The Labute approximate surface area is 126 Å². The van der Waals surface area contributed by atoms with Crippen LogP contribution in [0.25, 0.3) is 0 Å². The van der Waals surface area contributed by atoms with Crippen LogP contribution in [0.3, 0.4) is 0 Å². The van der Waals surface area contributed by atoms with Gasteiger partial charge in [0.2, 0.25) is 0 Å². The van der Waals surface area contributed by atoms with Gasteiger partial charge in [0.1, 0.15) is 5.75 Å². The Kier molecular flexibility index (Phi) is 4.25. The number of methoxy groups -OCH3 is 1. The fourth-order valence-corrected chi connectivity index (χ4v) is 3.10. The lowest BCUT2D eigenvalue weighted by atomic mass is 9.87. The number of nitrogens with one attached hydrogen (secondary N) is 1. The molecule has 4 heteroatoms. The van der Waals surface area contributed by atoms with Gasteiger partial charge < -0.3 is 10.1 Å². The molecule has 2 aromatic rings. The minimum Gasteiger partial charge on any atom is -0.497 e. The molecule has 0 fully saturated rings. The summed E-state index contributed by atoms with van der Waals surface area (Å²) in [6, 6.07) is 9.01. The van der Waals surface area contributed by atoms with Crippen LogP contribution in [0.4, 0.5) is 0 Å². The Morgan fingerprint density at radius 3 is 3.05 bits per heavy atom. The van der Waals surface area contributed by atoms with E-state index in [1.165, 1.54) is 24.0 Å². The van der Waals surface area contributed by atoms with Gasteiger partial charge in [0.25, 0.3) is 0 Å². The highest BCUT2D eigenvalue weighted by atomic mass is 16.5. The molecule has 1 unspecified atom stereocenters. The molecular weight excluding hydrogens is 262 g/mol. The maximum Gasteiger partial charge on any atom is 0.119 e. The van der Waals surface area contributed by atoms with Gasteiger partial charge in [0, 0.05) is 32.3 Å². The van der Waals surface area contributed by atoms with E-state index >= 15 is 0 Å². The first-order chi connectivity index (χ1) is 10.3. The van der Waals surface area contributed by atoms with Gasteiger partial charge in [-0.15, -0.1) is 0 Å². The Balaban J connectivity index is 1.62. The van der Waals surface area contributed by atoms with Gasteiger partial charge in [-0.2, -0.15) is 5.10 Å². The number of fused-ring (bicyclic) bond motifs is 1. The minimum absolute atomic E-state index is 0.461. The summed E-state index contributed by atoms with van der Waals surface area (Å²) >= 11 is 0. The summed E-state index contributed by atoms with van der Waals surface area (Å²) in [4.78, 5) is 0. The van der Waals surface area contributed by atoms with E-state index in [4.69, 9.17) is 4.74 Å². The maximum absolute atomic E-state index is 5.33. The van der Waals surface area contributed by atoms with Crippen LogP contribution in [-0.2, 0) is 19.9 Å². The Morgan fingerprint density at radius 2 is 2.29 bits per heavy atom. The average Bonchev–Trinajstić information content (AvgIpc) is 2.92. The van der Waals surface area contributed by atoms with Crippen molar-refractivity contribution in [3.05, 3.63) is 47.3 Å². The first-order valence-corrected chi connectivity index (χ1v) is 7.65. The molecule has 112 valence electrons. The number of rotatable bonds is 5. The number of benzene rings is 1. The summed E-state index contributed by atoms with van der Waals surface area (Å²) in [5.74, 6) is 0.961. The largest absolute Gasteiger partial charge is 0.497 e. The van der Waals surface area contributed by atoms with Gasteiger partial charge in [-0.3, -0.25) is 4.68 Å². The van der Waals surface area contributed by atoms with Crippen molar-refractivity contribution in [2.24, 2.45) is 7.05 Å². The Morgan fingerprint density at radius 1 is 1.38 bits per heavy atom. The number of aromatic nitrogens is 2. The quantitative estimate of drug-likeness (QED) is 0.918. The van der Waals surface area contributed by atoms with Gasteiger partial charge in [0.05, 0.1) is 12.8 Å². The highest BCUT2D eigenvalue weighted by Crippen LogP contribution is 2.32. The molecule has 21 heavy (non-hydrogen) atoms. The Hall–Kier alpha value is -1.81. The van der Waals surface area contributed by atoms with Crippen molar-refractivity contribution in [3.8, 4) is 5.75 Å².